The van der Waals surface area contributed by atoms with Crippen LogP contribution in [0.3, 0.4) is 0 Å². The molecule has 2 rings (SSSR count). The Morgan fingerprint density at radius 1 is 1.32 bits per heavy atom. The number of hydrogen-bond acceptors (Lipinski definition) is 4. The molecule has 122 valence electrons. The average Bonchev–Trinajstić information content (AvgIpc) is 2.44. The minimum absolute atomic E-state index is 0.122. The molecule has 1 amide bonds. The molecular weight excluding hydrogens is 278 g/mol. The first kappa shape index (κ1) is 16.9. The van der Waals surface area contributed by atoms with Crippen LogP contribution in [0.2, 0.25) is 0 Å². The zero-order valence-corrected chi connectivity index (χ0v) is 13.7. The normalized spacial score (nSPS) is 24.0. The minimum Gasteiger partial charge on any atom is -0.373 e. The number of nitrogens with zero attached hydrogens (tertiary/aromatic N) is 1. The highest BCUT2D eigenvalue weighted by Gasteiger charge is 2.22. The van der Waals surface area contributed by atoms with Crippen molar-refractivity contribution in [2.45, 2.75) is 52.1 Å². The van der Waals surface area contributed by atoms with E-state index in [4.69, 9.17) is 10.5 Å². The van der Waals surface area contributed by atoms with Crippen molar-refractivity contribution in [2.75, 3.05) is 13.1 Å². The summed E-state index contributed by atoms with van der Waals surface area (Å²) in [5.41, 5.74) is 7.97. The lowest BCUT2D eigenvalue weighted by molar-refractivity contribution is -0.122. The van der Waals surface area contributed by atoms with E-state index in [1.165, 1.54) is 5.56 Å². The third-order valence-corrected chi connectivity index (χ3v) is 3.87. The van der Waals surface area contributed by atoms with Crippen molar-refractivity contribution in [3.05, 3.63) is 35.4 Å². The first-order valence-electron chi connectivity index (χ1n) is 7.93. The highest BCUT2D eigenvalue weighted by Crippen LogP contribution is 2.17. The van der Waals surface area contributed by atoms with Crippen LogP contribution < -0.4 is 11.1 Å². The minimum atomic E-state index is -0.479. The van der Waals surface area contributed by atoms with E-state index in [1.54, 1.807) is 6.92 Å². The van der Waals surface area contributed by atoms with Gasteiger partial charge in [0.15, 0.2) is 0 Å². The van der Waals surface area contributed by atoms with E-state index in [1.807, 2.05) is 12.1 Å². The summed E-state index contributed by atoms with van der Waals surface area (Å²) in [5, 5.41) is 2.89. The highest BCUT2D eigenvalue weighted by molar-refractivity contribution is 5.80. The second kappa shape index (κ2) is 7.72. The number of benzene rings is 1. The Balaban J connectivity index is 2.00. The van der Waals surface area contributed by atoms with Crippen molar-refractivity contribution in [1.82, 2.24) is 10.2 Å². The number of rotatable bonds is 5. The molecule has 3 unspecified atom stereocenters. The van der Waals surface area contributed by atoms with Gasteiger partial charge in [0.25, 0.3) is 0 Å². The molecule has 1 aromatic rings. The lowest BCUT2D eigenvalue weighted by Gasteiger charge is -2.35. The van der Waals surface area contributed by atoms with Crippen molar-refractivity contribution in [3.8, 4) is 0 Å². The number of nitrogens with two attached hydrogens (primary N) is 1. The largest absolute Gasteiger partial charge is 0.373 e. The number of carbonyl (C=O) groups excluding carboxylic acids is 1. The Bertz CT molecular complexity index is 494. The molecule has 1 aliphatic rings. The van der Waals surface area contributed by atoms with Crippen LogP contribution in [-0.4, -0.2) is 42.1 Å². The Kier molecular flexibility index (Phi) is 5.94. The van der Waals surface area contributed by atoms with Gasteiger partial charge in [0.2, 0.25) is 5.91 Å². The van der Waals surface area contributed by atoms with Crippen molar-refractivity contribution >= 4 is 5.91 Å². The number of hydrogen-bond donors (Lipinski definition) is 2. The van der Waals surface area contributed by atoms with Gasteiger partial charge in [-0.15, -0.1) is 0 Å². The number of carbonyl (C=O) groups is 1. The number of morpholine rings is 1. The molecule has 0 bridgehead atoms. The molecule has 1 aromatic carbocycles. The number of ether oxygens (including phenoxy) is 1. The summed E-state index contributed by atoms with van der Waals surface area (Å²) in [7, 11) is 0. The maximum absolute atomic E-state index is 11.6. The molecule has 1 heterocycles. The lowest BCUT2D eigenvalue weighted by atomic mass is 10.1. The summed E-state index contributed by atoms with van der Waals surface area (Å²) >= 11 is 0. The topological polar surface area (TPSA) is 67.6 Å². The van der Waals surface area contributed by atoms with Gasteiger partial charge >= 0.3 is 0 Å². The fourth-order valence-corrected chi connectivity index (χ4v) is 2.88. The summed E-state index contributed by atoms with van der Waals surface area (Å²) in [5.74, 6) is -0.122. The Morgan fingerprint density at radius 3 is 2.50 bits per heavy atom. The van der Waals surface area contributed by atoms with Crippen LogP contribution in [0.15, 0.2) is 24.3 Å². The number of nitrogens with one attached hydrogen (secondary N) is 1. The zero-order chi connectivity index (χ0) is 16.1. The van der Waals surface area contributed by atoms with Gasteiger partial charge in [0.05, 0.1) is 18.2 Å². The van der Waals surface area contributed by atoms with Crippen molar-refractivity contribution in [2.24, 2.45) is 5.73 Å². The molecule has 1 fully saturated rings. The maximum atomic E-state index is 11.6. The molecule has 0 aromatic heterocycles. The van der Waals surface area contributed by atoms with Gasteiger partial charge < -0.3 is 15.8 Å². The highest BCUT2D eigenvalue weighted by atomic mass is 16.5. The van der Waals surface area contributed by atoms with Crippen LogP contribution in [0.4, 0.5) is 0 Å². The monoisotopic (exact) mass is 305 g/mol. The van der Waals surface area contributed by atoms with Crippen LogP contribution in [0.5, 0.6) is 0 Å². The smallest absolute Gasteiger partial charge is 0.236 e. The lowest BCUT2D eigenvalue weighted by Crippen LogP contribution is -2.45. The summed E-state index contributed by atoms with van der Waals surface area (Å²) in [6, 6.07) is 7.75. The van der Waals surface area contributed by atoms with Gasteiger partial charge in [-0.2, -0.15) is 0 Å². The first-order valence-corrected chi connectivity index (χ1v) is 7.93. The molecule has 5 heteroatoms. The standard InChI is InChI=1S/C17H27N3O2/c1-12-9-20(10-13(2)22-12)11-16-7-5-4-6-15(16)8-19-17(21)14(3)18/h4-7,12-14H,8-11,18H2,1-3H3,(H,19,21). The molecule has 0 aliphatic carbocycles. The van der Waals surface area contributed by atoms with Gasteiger partial charge in [0.1, 0.15) is 0 Å². The van der Waals surface area contributed by atoms with E-state index in [-0.39, 0.29) is 18.1 Å². The second-order valence-electron chi connectivity index (χ2n) is 6.23. The fraction of sp³-hybridized carbons (Fsp3) is 0.588. The Labute approximate surface area is 132 Å². The summed E-state index contributed by atoms with van der Waals surface area (Å²) in [6.45, 7) is 9.18. The predicted molar refractivity (Wildman–Crippen MR) is 87.2 cm³/mol. The molecule has 1 aliphatic heterocycles. The summed E-state index contributed by atoms with van der Waals surface area (Å²) in [4.78, 5) is 14.0. The fourth-order valence-electron chi connectivity index (χ4n) is 2.88. The third-order valence-electron chi connectivity index (χ3n) is 3.87. The van der Waals surface area contributed by atoms with Crippen LogP contribution in [0.1, 0.15) is 31.9 Å². The molecule has 3 atom stereocenters. The van der Waals surface area contributed by atoms with Crippen molar-refractivity contribution in [3.63, 3.8) is 0 Å². The van der Waals surface area contributed by atoms with E-state index in [9.17, 15) is 4.79 Å². The van der Waals surface area contributed by atoms with E-state index in [2.05, 4.69) is 36.2 Å². The molecule has 1 saturated heterocycles. The van der Waals surface area contributed by atoms with Gasteiger partial charge in [0, 0.05) is 26.2 Å². The second-order valence-corrected chi connectivity index (χ2v) is 6.23. The van der Waals surface area contributed by atoms with E-state index < -0.39 is 6.04 Å². The van der Waals surface area contributed by atoms with E-state index >= 15 is 0 Å². The molecule has 0 saturated carbocycles. The van der Waals surface area contributed by atoms with Crippen LogP contribution in [0, 0.1) is 0 Å². The van der Waals surface area contributed by atoms with Gasteiger partial charge in [-0.1, -0.05) is 24.3 Å². The molecule has 0 radical (unpaired) electrons. The molecule has 0 spiro atoms. The predicted octanol–water partition coefficient (Wildman–Crippen LogP) is 1.26. The van der Waals surface area contributed by atoms with Crippen molar-refractivity contribution < 1.29 is 9.53 Å². The first-order chi connectivity index (χ1) is 10.5. The Morgan fingerprint density at radius 2 is 1.91 bits per heavy atom. The van der Waals surface area contributed by atoms with Crippen LogP contribution >= 0.6 is 0 Å². The summed E-state index contributed by atoms with van der Waals surface area (Å²) in [6.07, 6.45) is 0.516. The van der Waals surface area contributed by atoms with Gasteiger partial charge in [-0.3, -0.25) is 9.69 Å². The summed E-state index contributed by atoms with van der Waals surface area (Å²) < 4.78 is 5.78. The maximum Gasteiger partial charge on any atom is 0.236 e. The van der Waals surface area contributed by atoms with Crippen molar-refractivity contribution in [1.29, 1.82) is 0 Å². The van der Waals surface area contributed by atoms with E-state index in [0.717, 1.165) is 25.2 Å². The number of amides is 1. The molecule has 3 N–H and O–H groups in total. The van der Waals surface area contributed by atoms with Gasteiger partial charge in [-0.05, 0) is 31.9 Å². The zero-order valence-electron chi connectivity index (χ0n) is 13.7. The van der Waals surface area contributed by atoms with Gasteiger partial charge in [-0.25, -0.2) is 0 Å². The molecule has 22 heavy (non-hydrogen) atoms. The molecular formula is C17H27N3O2. The average molecular weight is 305 g/mol. The third kappa shape index (κ3) is 4.80. The Hall–Kier alpha value is -1.43. The quantitative estimate of drug-likeness (QED) is 0.859. The van der Waals surface area contributed by atoms with Crippen LogP contribution in [-0.2, 0) is 22.6 Å². The SMILES string of the molecule is CC1CN(Cc2ccccc2CNC(=O)C(C)N)CC(C)O1. The van der Waals surface area contributed by atoms with E-state index in [0.29, 0.717) is 6.54 Å². The van der Waals surface area contributed by atoms with Crippen LogP contribution in [0.25, 0.3) is 0 Å². The molecule has 5 nitrogen and oxygen atoms in total.